The highest BCUT2D eigenvalue weighted by atomic mass is 32.1. The molecule has 4 nitrogen and oxygen atoms in total. The molecule has 0 saturated heterocycles. The van der Waals surface area contributed by atoms with Crippen LogP contribution in [0.25, 0.3) is 0 Å². The summed E-state index contributed by atoms with van der Waals surface area (Å²) in [5.41, 5.74) is 6.09. The highest BCUT2D eigenvalue weighted by Gasteiger charge is 2.12. The molecule has 0 aromatic carbocycles. The molecular formula is C10H14N4S. The molecule has 80 valence electrons. The zero-order valence-corrected chi connectivity index (χ0v) is 9.66. The molecule has 0 bridgehead atoms. The summed E-state index contributed by atoms with van der Waals surface area (Å²) in [5, 5.41) is 1.06. The van der Waals surface area contributed by atoms with Gasteiger partial charge < -0.3 is 10.3 Å². The maximum atomic E-state index is 6.09. The Morgan fingerprint density at radius 3 is 2.87 bits per heavy atom. The third kappa shape index (κ3) is 2.24. The molecule has 2 rings (SSSR count). The summed E-state index contributed by atoms with van der Waals surface area (Å²) in [6.45, 7) is 1.99. The Balaban J connectivity index is 2.10. The number of aryl methyl sites for hydroxylation is 2. The maximum absolute atomic E-state index is 6.09. The van der Waals surface area contributed by atoms with Crippen LogP contribution in [-0.4, -0.2) is 14.5 Å². The van der Waals surface area contributed by atoms with E-state index in [0.29, 0.717) is 0 Å². The minimum Gasteiger partial charge on any atom is -0.338 e. The highest BCUT2D eigenvalue weighted by molar-refractivity contribution is 7.11. The molecule has 0 amide bonds. The van der Waals surface area contributed by atoms with Crippen molar-refractivity contribution in [1.82, 2.24) is 14.5 Å². The van der Waals surface area contributed by atoms with E-state index >= 15 is 0 Å². The first kappa shape index (κ1) is 10.3. The summed E-state index contributed by atoms with van der Waals surface area (Å²) in [6.07, 6.45) is 6.33. The lowest BCUT2D eigenvalue weighted by Gasteiger charge is -2.08. The number of imidazole rings is 1. The Kier molecular flexibility index (Phi) is 2.83. The normalized spacial score (nSPS) is 13.0. The van der Waals surface area contributed by atoms with Crippen molar-refractivity contribution in [3.05, 3.63) is 34.3 Å². The molecule has 2 heterocycles. The molecule has 5 heteroatoms. The summed E-state index contributed by atoms with van der Waals surface area (Å²) in [6, 6.07) is -0.00250. The lowest BCUT2D eigenvalue weighted by molar-refractivity contribution is 0.667. The Morgan fingerprint density at radius 1 is 1.53 bits per heavy atom. The van der Waals surface area contributed by atoms with Crippen LogP contribution in [-0.2, 0) is 13.5 Å². The lowest BCUT2D eigenvalue weighted by atomic mass is 10.2. The van der Waals surface area contributed by atoms with Gasteiger partial charge in [-0.2, -0.15) is 0 Å². The van der Waals surface area contributed by atoms with Gasteiger partial charge in [0.15, 0.2) is 0 Å². The monoisotopic (exact) mass is 222 g/mol. The van der Waals surface area contributed by atoms with Crippen molar-refractivity contribution in [2.75, 3.05) is 0 Å². The number of aromatic nitrogens is 3. The third-order valence-electron chi connectivity index (χ3n) is 2.33. The number of nitrogens with zero attached hydrogens (tertiary/aromatic N) is 3. The van der Waals surface area contributed by atoms with Gasteiger partial charge in [0, 0.05) is 43.0 Å². The minimum atomic E-state index is -0.00250. The highest BCUT2D eigenvalue weighted by Crippen LogP contribution is 2.21. The van der Waals surface area contributed by atoms with Gasteiger partial charge in [-0.1, -0.05) is 0 Å². The quantitative estimate of drug-likeness (QED) is 0.854. The number of thiazole rings is 1. The van der Waals surface area contributed by atoms with Gasteiger partial charge in [-0.3, -0.25) is 0 Å². The fourth-order valence-corrected chi connectivity index (χ4v) is 2.23. The Bertz CT molecular complexity index is 446. The number of nitrogens with two attached hydrogens (primary N) is 1. The molecular weight excluding hydrogens is 208 g/mol. The van der Waals surface area contributed by atoms with Crippen LogP contribution in [0.5, 0.6) is 0 Å². The Labute approximate surface area is 92.8 Å². The summed E-state index contributed by atoms with van der Waals surface area (Å²) in [7, 11) is 1.98. The van der Waals surface area contributed by atoms with Crippen LogP contribution in [0.3, 0.4) is 0 Å². The average molecular weight is 222 g/mol. The van der Waals surface area contributed by atoms with Crippen LogP contribution in [0.2, 0.25) is 0 Å². The van der Waals surface area contributed by atoms with Crippen LogP contribution in [0.4, 0.5) is 0 Å². The molecule has 1 unspecified atom stereocenters. The van der Waals surface area contributed by atoms with Gasteiger partial charge in [-0.25, -0.2) is 9.97 Å². The van der Waals surface area contributed by atoms with E-state index in [0.717, 1.165) is 22.1 Å². The zero-order chi connectivity index (χ0) is 10.8. The van der Waals surface area contributed by atoms with Crippen molar-refractivity contribution >= 4 is 11.3 Å². The SMILES string of the molecule is Cc1ncc(C(N)Cc2nccn2C)s1. The van der Waals surface area contributed by atoms with Crippen molar-refractivity contribution in [3.63, 3.8) is 0 Å². The second-order valence-corrected chi connectivity index (χ2v) is 4.81. The predicted octanol–water partition coefficient (Wildman–Crippen LogP) is 1.43. The van der Waals surface area contributed by atoms with Crippen LogP contribution < -0.4 is 5.73 Å². The van der Waals surface area contributed by atoms with Gasteiger partial charge in [-0.05, 0) is 6.92 Å². The summed E-state index contributed by atoms with van der Waals surface area (Å²) < 4.78 is 1.99. The summed E-state index contributed by atoms with van der Waals surface area (Å²) in [5.74, 6) is 1.01. The first-order chi connectivity index (χ1) is 7.16. The van der Waals surface area contributed by atoms with Gasteiger partial charge in [0.1, 0.15) is 5.82 Å². The first-order valence-electron chi connectivity index (χ1n) is 4.81. The van der Waals surface area contributed by atoms with E-state index in [1.807, 2.05) is 30.9 Å². The van der Waals surface area contributed by atoms with Crippen LogP contribution in [0, 0.1) is 6.92 Å². The zero-order valence-electron chi connectivity index (χ0n) is 8.84. The van der Waals surface area contributed by atoms with E-state index in [1.54, 1.807) is 17.5 Å². The molecule has 15 heavy (non-hydrogen) atoms. The summed E-state index contributed by atoms with van der Waals surface area (Å²) >= 11 is 1.65. The fraction of sp³-hybridized carbons (Fsp3) is 0.400. The number of hydrogen-bond donors (Lipinski definition) is 1. The molecule has 0 aliphatic carbocycles. The first-order valence-corrected chi connectivity index (χ1v) is 5.62. The van der Waals surface area contributed by atoms with Gasteiger partial charge >= 0.3 is 0 Å². The molecule has 0 saturated carbocycles. The van der Waals surface area contributed by atoms with E-state index in [2.05, 4.69) is 9.97 Å². The van der Waals surface area contributed by atoms with Gasteiger partial charge in [0.2, 0.25) is 0 Å². The van der Waals surface area contributed by atoms with Crippen LogP contribution in [0.1, 0.15) is 21.8 Å². The molecule has 1 atom stereocenters. The van der Waals surface area contributed by atoms with Crippen molar-refractivity contribution in [1.29, 1.82) is 0 Å². The Hall–Kier alpha value is -1.20. The molecule has 0 fully saturated rings. The second kappa shape index (κ2) is 4.12. The van der Waals surface area contributed by atoms with Crippen molar-refractivity contribution in [3.8, 4) is 0 Å². The van der Waals surface area contributed by atoms with E-state index < -0.39 is 0 Å². The van der Waals surface area contributed by atoms with E-state index in [4.69, 9.17) is 5.73 Å². The van der Waals surface area contributed by atoms with Crippen molar-refractivity contribution in [2.45, 2.75) is 19.4 Å². The van der Waals surface area contributed by atoms with Gasteiger partial charge in [0.05, 0.1) is 5.01 Å². The van der Waals surface area contributed by atoms with E-state index in [9.17, 15) is 0 Å². The molecule has 0 aliphatic heterocycles. The molecule has 0 aliphatic rings. The molecule has 2 aromatic rings. The number of rotatable bonds is 3. The minimum absolute atomic E-state index is 0.00250. The predicted molar refractivity (Wildman–Crippen MR) is 60.7 cm³/mol. The standard InChI is InChI=1S/C10H14N4S/c1-7-13-6-9(15-7)8(11)5-10-12-3-4-14(10)2/h3-4,6,8H,5,11H2,1-2H3. The molecule has 0 spiro atoms. The van der Waals surface area contributed by atoms with Crippen molar-refractivity contribution in [2.24, 2.45) is 12.8 Å². The maximum Gasteiger partial charge on any atom is 0.110 e. The van der Waals surface area contributed by atoms with E-state index in [-0.39, 0.29) is 6.04 Å². The molecule has 2 N–H and O–H groups in total. The fourth-order valence-electron chi connectivity index (χ4n) is 1.44. The number of hydrogen-bond acceptors (Lipinski definition) is 4. The largest absolute Gasteiger partial charge is 0.338 e. The summed E-state index contributed by atoms with van der Waals surface area (Å²) in [4.78, 5) is 9.58. The second-order valence-electron chi connectivity index (χ2n) is 3.55. The Morgan fingerprint density at radius 2 is 2.33 bits per heavy atom. The smallest absolute Gasteiger partial charge is 0.110 e. The lowest BCUT2D eigenvalue weighted by Crippen LogP contribution is -2.14. The topological polar surface area (TPSA) is 56.7 Å². The molecule has 2 aromatic heterocycles. The van der Waals surface area contributed by atoms with Gasteiger partial charge in [0.25, 0.3) is 0 Å². The third-order valence-corrected chi connectivity index (χ3v) is 3.37. The van der Waals surface area contributed by atoms with Crippen molar-refractivity contribution < 1.29 is 0 Å². The van der Waals surface area contributed by atoms with Gasteiger partial charge in [-0.15, -0.1) is 11.3 Å². The van der Waals surface area contributed by atoms with Crippen LogP contribution >= 0.6 is 11.3 Å². The average Bonchev–Trinajstić information content (AvgIpc) is 2.77. The van der Waals surface area contributed by atoms with E-state index in [1.165, 1.54) is 0 Å². The van der Waals surface area contributed by atoms with Crippen LogP contribution in [0.15, 0.2) is 18.6 Å². The molecule has 0 radical (unpaired) electrons.